The van der Waals surface area contributed by atoms with Crippen LogP contribution in [-0.4, -0.2) is 61.4 Å². The van der Waals surface area contributed by atoms with Crippen molar-refractivity contribution in [2.45, 2.75) is 12.5 Å². The Labute approximate surface area is 138 Å². The number of esters is 1. The second kappa shape index (κ2) is 6.40. The van der Waals surface area contributed by atoms with Crippen LogP contribution >= 0.6 is 0 Å². The van der Waals surface area contributed by atoms with Crippen LogP contribution in [0.25, 0.3) is 0 Å². The van der Waals surface area contributed by atoms with Gasteiger partial charge in [0.2, 0.25) is 5.91 Å². The first kappa shape index (κ1) is 16.1. The third-order valence-electron chi connectivity index (χ3n) is 4.23. The molecule has 0 radical (unpaired) electrons. The topological polar surface area (TPSA) is 96.0 Å². The molecule has 0 aliphatic carbocycles. The Morgan fingerprint density at radius 1 is 1.29 bits per heavy atom. The number of carbonyl (C=O) groups is 4. The number of fused-ring (bicyclic) bond motifs is 1. The summed E-state index contributed by atoms with van der Waals surface area (Å²) in [5, 5.41) is 2.70. The van der Waals surface area contributed by atoms with Crippen LogP contribution in [0.4, 0.5) is 5.69 Å². The number of nitrogens with one attached hydrogen (secondary N) is 1. The van der Waals surface area contributed by atoms with Crippen molar-refractivity contribution in [1.82, 2.24) is 10.2 Å². The molecule has 2 aliphatic heterocycles. The van der Waals surface area contributed by atoms with E-state index in [0.29, 0.717) is 24.3 Å². The molecule has 1 atom stereocenters. The number of benzene rings is 1. The minimum atomic E-state index is -0.734. The third kappa shape index (κ3) is 2.76. The van der Waals surface area contributed by atoms with Crippen LogP contribution < -0.4 is 10.2 Å². The molecule has 24 heavy (non-hydrogen) atoms. The molecule has 1 aromatic carbocycles. The van der Waals surface area contributed by atoms with E-state index in [2.05, 4.69) is 10.1 Å². The van der Waals surface area contributed by atoms with Crippen LogP contribution in [0.2, 0.25) is 0 Å². The number of anilines is 1. The molecule has 8 heteroatoms. The van der Waals surface area contributed by atoms with Crippen LogP contribution in [0.5, 0.6) is 0 Å². The molecule has 3 rings (SSSR count). The smallest absolute Gasteiger partial charge is 0.307 e. The van der Waals surface area contributed by atoms with E-state index >= 15 is 0 Å². The Kier molecular flexibility index (Phi) is 4.30. The summed E-state index contributed by atoms with van der Waals surface area (Å²) in [6.07, 6.45) is -0.111. The van der Waals surface area contributed by atoms with Gasteiger partial charge in [0, 0.05) is 13.1 Å². The summed E-state index contributed by atoms with van der Waals surface area (Å²) in [6, 6.07) is 6.00. The van der Waals surface area contributed by atoms with Crippen molar-refractivity contribution in [2.75, 3.05) is 31.8 Å². The van der Waals surface area contributed by atoms with Gasteiger partial charge in [-0.2, -0.15) is 0 Å². The summed E-state index contributed by atoms with van der Waals surface area (Å²) in [5.74, 6) is -1.99. The molecule has 1 aromatic rings. The fourth-order valence-corrected chi connectivity index (χ4v) is 2.96. The summed E-state index contributed by atoms with van der Waals surface area (Å²) >= 11 is 0. The Bertz CT molecular complexity index is 717. The lowest BCUT2D eigenvalue weighted by Gasteiger charge is -2.36. The quantitative estimate of drug-likeness (QED) is 0.592. The van der Waals surface area contributed by atoms with Gasteiger partial charge in [-0.05, 0) is 12.1 Å². The molecule has 0 saturated carbocycles. The normalized spacial score (nSPS) is 20.8. The zero-order chi connectivity index (χ0) is 17.3. The summed E-state index contributed by atoms with van der Waals surface area (Å²) in [7, 11) is 1.26. The highest BCUT2D eigenvalue weighted by Gasteiger charge is 2.39. The monoisotopic (exact) mass is 331 g/mol. The average Bonchev–Trinajstić information content (AvgIpc) is 2.83. The summed E-state index contributed by atoms with van der Waals surface area (Å²) in [4.78, 5) is 51.0. The van der Waals surface area contributed by atoms with Gasteiger partial charge in [-0.15, -0.1) is 0 Å². The summed E-state index contributed by atoms with van der Waals surface area (Å²) in [6.45, 7) is 0.943. The van der Waals surface area contributed by atoms with Crippen LogP contribution in [0, 0.1) is 0 Å². The van der Waals surface area contributed by atoms with Crippen molar-refractivity contribution in [3.63, 3.8) is 0 Å². The van der Waals surface area contributed by atoms with E-state index in [1.807, 2.05) is 0 Å². The summed E-state index contributed by atoms with van der Waals surface area (Å²) in [5.41, 5.74) is 0.878. The first-order valence-electron chi connectivity index (χ1n) is 7.56. The van der Waals surface area contributed by atoms with E-state index in [9.17, 15) is 19.2 Å². The second-order valence-corrected chi connectivity index (χ2v) is 5.62. The largest absolute Gasteiger partial charge is 0.469 e. The van der Waals surface area contributed by atoms with Crippen LogP contribution in [-0.2, 0) is 19.1 Å². The lowest BCUT2D eigenvalue weighted by atomic mass is 10.1. The standard InChI is InChI=1S/C16H17N3O5/c1-24-13(20)8-12-15(22)17-6-7-18(12)9-19-11-5-3-2-4-10(11)14(21)16(19)23/h2-5,12H,6-9H2,1H3,(H,17,22). The lowest BCUT2D eigenvalue weighted by Crippen LogP contribution is -2.59. The number of ether oxygens (including phenoxy) is 1. The van der Waals surface area contributed by atoms with Crippen molar-refractivity contribution in [3.8, 4) is 0 Å². The van der Waals surface area contributed by atoms with Crippen LogP contribution in [0.15, 0.2) is 24.3 Å². The highest BCUT2D eigenvalue weighted by atomic mass is 16.5. The molecule has 0 aromatic heterocycles. The molecule has 1 fully saturated rings. The number of methoxy groups -OCH3 is 1. The number of Topliss-reactive ketones (excluding diaryl/α,β-unsaturated/α-hetero) is 1. The first-order chi connectivity index (χ1) is 11.5. The zero-order valence-corrected chi connectivity index (χ0v) is 13.2. The van der Waals surface area contributed by atoms with Crippen molar-refractivity contribution < 1.29 is 23.9 Å². The molecular weight excluding hydrogens is 314 g/mol. The van der Waals surface area contributed by atoms with Gasteiger partial charge in [0.15, 0.2) is 0 Å². The van der Waals surface area contributed by atoms with Crippen LogP contribution in [0.1, 0.15) is 16.8 Å². The van der Waals surface area contributed by atoms with E-state index in [1.165, 1.54) is 12.0 Å². The van der Waals surface area contributed by atoms with Gasteiger partial charge in [0.25, 0.3) is 5.78 Å². The minimum Gasteiger partial charge on any atom is -0.469 e. The number of hydrogen-bond donors (Lipinski definition) is 1. The second-order valence-electron chi connectivity index (χ2n) is 5.62. The third-order valence-corrected chi connectivity index (χ3v) is 4.23. The molecule has 126 valence electrons. The molecule has 1 N–H and O–H groups in total. The van der Waals surface area contributed by atoms with E-state index in [1.54, 1.807) is 29.2 Å². The number of piperazine rings is 1. The summed E-state index contributed by atoms with van der Waals surface area (Å²) < 4.78 is 4.63. The Balaban J connectivity index is 1.83. The fourth-order valence-electron chi connectivity index (χ4n) is 2.96. The van der Waals surface area contributed by atoms with E-state index in [-0.39, 0.29) is 19.0 Å². The zero-order valence-electron chi connectivity index (χ0n) is 13.2. The maximum atomic E-state index is 12.3. The number of amides is 2. The predicted molar refractivity (Wildman–Crippen MR) is 83.3 cm³/mol. The van der Waals surface area contributed by atoms with Crippen molar-refractivity contribution in [1.29, 1.82) is 0 Å². The van der Waals surface area contributed by atoms with Crippen LogP contribution in [0.3, 0.4) is 0 Å². The van der Waals surface area contributed by atoms with Gasteiger partial charge in [0.1, 0.15) is 6.04 Å². The van der Waals surface area contributed by atoms with E-state index in [0.717, 1.165) is 0 Å². The van der Waals surface area contributed by atoms with Crippen molar-refractivity contribution in [2.24, 2.45) is 0 Å². The number of para-hydroxylation sites is 1. The molecule has 2 amide bonds. The molecule has 8 nitrogen and oxygen atoms in total. The van der Waals surface area contributed by atoms with Gasteiger partial charge in [-0.1, -0.05) is 12.1 Å². The highest BCUT2D eigenvalue weighted by Crippen LogP contribution is 2.29. The predicted octanol–water partition coefficient (Wildman–Crippen LogP) is -0.463. The maximum Gasteiger partial charge on any atom is 0.307 e. The molecule has 1 saturated heterocycles. The Hall–Kier alpha value is -2.74. The molecule has 1 unspecified atom stereocenters. The first-order valence-corrected chi connectivity index (χ1v) is 7.56. The molecule has 2 heterocycles. The number of rotatable bonds is 4. The average molecular weight is 331 g/mol. The number of hydrogen-bond acceptors (Lipinski definition) is 6. The number of ketones is 1. The van der Waals surface area contributed by atoms with E-state index in [4.69, 9.17) is 0 Å². The highest BCUT2D eigenvalue weighted by molar-refractivity contribution is 6.52. The fraction of sp³-hybridized carbons (Fsp3) is 0.375. The van der Waals surface area contributed by atoms with Gasteiger partial charge in [-0.25, -0.2) is 0 Å². The SMILES string of the molecule is COC(=O)CC1C(=O)NCCN1CN1C(=O)C(=O)c2ccccc21. The molecule has 2 aliphatic rings. The minimum absolute atomic E-state index is 0.0661. The number of carbonyl (C=O) groups excluding carboxylic acids is 4. The molecule has 0 bridgehead atoms. The van der Waals surface area contributed by atoms with Gasteiger partial charge in [0.05, 0.1) is 31.5 Å². The van der Waals surface area contributed by atoms with Gasteiger partial charge >= 0.3 is 11.9 Å². The van der Waals surface area contributed by atoms with Crippen molar-refractivity contribution in [3.05, 3.63) is 29.8 Å². The Morgan fingerprint density at radius 3 is 2.79 bits per heavy atom. The van der Waals surface area contributed by atoms with Gasteiger partial charge in [-0.3, -0.25) is 29.0 Å². The molecule has 0 spiro atoms. The van der Waals surface area contributed by atoms with Crippen molar-refractivity contribution >= 4 is 29.3 Å². The lowest BCUT2D eigenvalue weighted by molar-refractivity contribution is -0.145. The maximum absolute atomic E-state index is 12.3. The van der Waals surface area contributed by atoms with E-state index < -0.39 is 23.7 Å². The number of nitrogens with zero attached hydrogens (tertiary/aromatic N) is 2. The van der Waals surface area contributed by atoms with Gasteiger partial charge < -0.3 is 10.1 Å². The molecular formula is C16H17N3O5. The Morgan fingerprint density at radius 2 is 2.04 bits per heavy atom.